The summed E-state index contributed by atoms with van der Waals surface area (Å²) >= 11 is 0. The second-order valence-corrected chi connectivity index (χ2v) is 12.2. The van der Waals surface area contributed by atoms with E-state index >= 15 is 0 Å². The van der Waals surface area contributed by atoms with Crippen LogP contribution < -0.4 is 5.32 Å². The number of rotatable bonds is 3. The van der Waals surface area contributed by atoms with Gasteiger partial charge in [-0.05, 0) is 42.8 Å². The Kier molecular flexibility index (Phi) is 3.01. The van der Waals surface area contributed by atoms with Crippen molar-refractivity contribution in [1.82, 2.24) is 5.32 Å². The first-order valence-corrected chi connectivity index (χ1v) is 9.52. The Morgan fingerprint density at radius 1 is 1.31 bits per heavy atom. The minimum absolute atomic E-state index is 0.336. The Balaban J connectivity index is 1.79. The lowest BCUT2D eigenvalue weighted by Crippen LogP contribution is -2.43. The molecular formula is C13H27NOSi. The topological polar surface area (TPSA) is 21.3 Å². The molecule has 2 rings (SSSR count). The minimum Gasteiger partial charge on any atom is -0.415 e. The van der Waals surface area contributed by atoms with Gasteiger partial charge < -0.3 is 9.74 Å². The van der Waals surface area contributed by atoms with E-state index in [2.05, 4.69) is 39.2 Å². The summed E-state index contributed by atoms with van der Waals surface area (Å²) in [6.07, 6.45) is 4.23. The van der Waals surface area contributed by atoms with Crippen LogP contribution in [0.1, 0.15) is 40.0 Å². The highest BCUT2D eigenvalue weighted by Gasteiger charge is 2.48. The molecule has 0 amide bonds. The summed E-state index contributed by atoms with van der Waals surface area (Å²) in [4.78, 5) is 0. The molecule has 1 N–H and O–H groups in total. The first kappa shape index (κ1) is 12.6. The van der Waals surface area contributed by atoms with Crippen molar-refractivity contribution < 1.29 is 4.43 Å². The molecule has 0 unspecified atom stereocenters. The maximum absolute atomic E-state index is 6.28. The van der Waals surface area contributed by atoms with Crippen molar-refractivity contribution in [3.05, 3.63) is 0 Å². The summed E-state index contributed by atoms with van der Waals surface area (Å²) in [5, 5.41) is 3.97. The van der Waals surface area contributed by atoms with E-state index in [0.717, 1.165) is 6.61 Å². The van der Waals surface area contributed by atoms with Gasteiger partial charge in [-0.1, -0.05) is 20.8 Å². The fourth-order valence-corrected chi connectivity index (χ4v) is 3.28. The van der Waals surface area contributed by atoms with Crippen molar-refractivity contribution >= 4 is 8.32 Å². The summed E-state index contributed by atoms with van der Waals surface area (Å²) < 4.78 is 6.28. The fraction of sp³-hybridized carbons (Fsp3) is 1.00. The van der Waals surface area contributed by atoms with Gasteiger partial charge in [-0.2, -0.15) is 0 Å². The zero-order valence-corrected chi connectivity index (χ0v) is 12.5. The summed E-state index contributed by atoms with van der Waals surface area (Å²) in [6, 6.07) is 0.622. The molecule has 0 aromatic heterocycles. The van der Waals surface area contributed by atoms with Gasteiger partial charge in [0.25, 0.3) is 0 Å². The van der Waals surface area contributed by atoms with Crippen LogP contribution in [0.5, 0.6) is 0 Å². The molecule has 1 atom stereocenters. The molecule has 94 valence electrons. The maximum Gasteiger partial charge on any atom is 0.192 e. The van der Waals surface area contributed by atoms with Crippen molar-refractivity contribution in [1.29, 1.82) is 0 Å². The van der Waals surface area contributed by atoms with Crippen LogP contribution >= 0.6 is 0 Å². The Bertz CT molecular complexity index is 266. The van der Waals surface area contributed by atoms with Gasteiger partial charge in [0.1, 0.15) is 0 Å². The molecule has 2 nitrogen and oxygen atoms in total. The van der Waals surface area contributed by atoms with Gasteiger partial charge in [0.05, 0.1) is 0 Å². The Hall–Kier alpha value is 0.137. The van der Waals surface area contributed by atoms with Gasteiger partial charge in [-0.15, -0.1) is 0 Å². The molecule has 0 aromatic carbocycles. The van der Waals surface area contributed by atoms with Crippen LogP contribution in [0.2, 0.25) is 18.1 Å². The first-order valence-electron chi connectivity index (χ1n) is 6.62. The van der Waals surface area contributed by atoms with Crippen LogP contribution in [-0.2, 0) is 4.43 Å². The van der Waals surface area contributed by atoms with Crippen molar-refractivity contribution in [3.8, 4) is 0 Å². The number of nitrogens with one attached hydrogen (secondary N) is 1. The Morgan fingerprint density at radius 3 is 2.38 bits per heavy atom. The van der Waals surface area contributed by atoms with Gasteiger partial charge in [0.2, 0.25) is 0 Å². The lowest BCUT2D eigenvalue weighted by molar-refractivity contribution is 0.250. The molecular weight excluding hydrogens is 214 g/mol. The van der Waals surface area contributed by atoms with Crippen LogP contribution in [-0.4, -0.2) is 27.5 Å². The zero-order valence-electron chi connectivity index (χ0n) is 11.5. The third-order valence-corrected chi connectivity index (χ3v) is 9.35. The fourth-order valence-electron chi connectivity index (χ4n) is 2.23. The van der Waals surface area contributed by atoms with Crippen molar-refractivity contribution in [2.75, 3.05) is 13.2 Å². The first-order chi connectivity index (χ1) is 7.24. The van der Waals surface area contributed by atoms with E-state index in [-0.39, 0.29) is 0 Å². The van der Waals surface area contributed by atoms with E-state index in [1.165, 1.54) is 25.8 Å². The highest BCUT2D eigenvalue weighted by Crippen LogP contribution is 2.52. The van der Waals surface area contributed by atoms with Crippen LogP contribution in [0.15, 0.2) is 0 Å². The number of hydrogen-bond acceptors (Lipinski definition) is 2. The zero-order chi connectivity index (χ0) is 12.0. The largest absolute Gasteiger partial charge is 0.415 e. The molecule has 1 saturated carbocycles. The normalized spacial score (nSPS) is 28.7. The highest BCUT2D eigenvalue weighted by atomic mass is 28.4. The van der Waals surface area contributed by atoms with Gasteiger partial charge in [0, 0.05) is 19.2 Å². The van der Waals surface area contributed by atoms with E-state index in [4.69, 9.17) is 4.43 Å². The average molecular weight is 241 g/mol. The van der Waals surface area contributed by atoms with Crippen molar-refractivity contribution in [2.45, 2.75) is 64.2 Å². The van der Waals surface area contributed by atoms with E-state index in [0.29, 0.717) is 16.5 Å². The quantitative estimate of drug-likeness (QED) is 0.767. The van der Waals surface area contributed by atoms with Crippen LogP contribution in [0.25, 0.3) is 0 Å². The minimum atomic E-state index is -1.54. The predicted molar refractivity (Wildman–Crippen MR) is 71.2 cm³/mol. The van der Waals surface area contributed by atoms with Gasteiger partial charge in [-0.3, -0.25) is 0 Å². The third kappa shape index (κ3) is 2.52. The predicted octanol–water partition coefficient (Wildman–Crippen LogP) is 3.15. The molecule has 1 aliphatic heterocycles. The molecule has 1 spiro atoms. The van der Waals surface area contributed by atoms with E-state index in [9.17, 15) is 0 Å². The lowest BCUT2D eigenvalue weighted by Gasteiger charge is -2.37. The standard InChI is InChI=1S/C13H27NOSi/c1-12(2,3)16(4,5)15-9-11-8-13(6-7-13)10-14-11/h11,14H,6-10H2,1-5H3/t11-/m1/s1. The van der Waals surface area contributed by atoms with Crippen LogP contribution in [0, 0.1) is 5.41 Å². The molecule has 2 fully saturated rings. The molecule has 16 heavy (non-hydrogen) atoms. The maximum atomic E-state index is 6.28. The monoisotopic (exact) mass is 241 g/mol. The van der Waals surface area contributed by atoms with E-state index in [1.54, 1.807) is 0 Å². The smallest absolute Gasteiger partial charge is 0.192 e. The van der Waals surface area contributed by atoms with Crippen molar-refractivity contribution in [2.24, 2.45) is 5.41 Å². The molecule has 0 bridgehead atoms. The van der Waals surface area contributed by atoms with E-state index < -0.39 is 8.32 Å². The summed E-state index contributed by atoms with van der Waals surface area (Å²) in [6.45, 7) is 13.8. The van der Waals surface area contributed by atoms with Crippen molar-refractivity contribution in [3.63, 3.8) is 0 Å². The molecule has 1 aliphatic carbocycles. The second-order valence-electron chi connectivity index (χ2n) is 7.35. The molecule has 3 heteroatoms. The van der Waals surface area contributed by atoms with Gasteiger partial charge in [-0.25, -0.2) is 0 Å². The van der Waals surface area contributed by atoms with Crippen LogP contribution in [0.3, 0.4) is 0 Å². The van der Waals surface area contributed by atoms with Crippen LogP contribution in [0.4, 0.5) is 0 Å². The Labute approximate surface area is 101 Å². The van der Waals surface area contributed by atoms with Gasteiger partial charge in [0.15, 0.2) is 8.32 Å². The highest BCUT2D eigenvalue weighted by molar-refractivity contribution is 6.74. The SMILES string of the molecule is CC(C)(C)[Si](C)(C)OC[C@H]1CC2(CC2)CN1. The third-order valence-electron chi connectivity index (χ3n) is 4.85. The molecule has 0 radical (unpaired) electrons. The lowest BCUT2D eigenvalue weighted by atomic mass is 10.0. The average Bonchev–Trinajstić information content (AvgIpc) is 2.74. The van der Waals surface area contributed by atoms with E-state index in [1.807, 2.05) is 0 Å². The number of hydrogen-bond donors (Lipinski definition) is 1. The summed E-state index contributed by atoms with van der Waals surface area (Å²) in [5.41, 5.74) is 0.696. The molecule has 2 aliphatic rings. The van der Waals surface area contributed by atoms with Gasteiger partial charge >= 0.3 is 0 Å². The Morgan fingerprint density at radius 2 is 1.94 bits per heavy atom. The summed E-state index contributed by atoms with van der Waals surface area (Å²) in [5.74, 6) is 0. The second kappa shape index (κ2) is 3.82. The summed E-state index contributed by atoms with van der Waals surface area (Å²) in [7, 11) is -1.54. The molecule has 1 saturated heterocycles. The molecule has 0 aromatic rings. The molecule has 1 heterocycles.